The quantitative estimate of drug-likeness (QED) is 0.373. The molecule has 2 amide bonds. The second-order valence-electron chi connectivity index (χ2n) is 10.4. The predicted molar refractivity (Wildman–Crippen MR) is 148 cm³/mol. The topological polar surface area (TPSA) is 95.9 Å². The molecule has 2 atom stereocenters. The molecule has 7 nitrogen and oxygen atoms in total. The number of carbonyl (C=O) groups is 3. The molecule has 5 rings (SSSR count). The van der Waals surface area contributed by atoms with E-state index in [2.05, 4.69) is 29.6 Å². The molecule has 2 N–H and O–H groups in total. The van der Waals surface area contributed by atoms with Crippen LogP contribution in [0.1, 0.15) is 54.7 Å². The zero-order valence-corrected chi connectivity index (χ0v) is 21.9. The molecule has 0 bridgehead atoms. The van der Waals surface area contributed by atoms with Crippen LogP contribution in [-0.2, 0) is 20.9 Å². The highest BCUT2D eigenvalue weighted by Crippen LogP contribution is 2.44. The Hall–Kier alpha value is -4.13. The smallest absolute Gasteiger partial charge is 0.407 e. The van der Waals surface area contributed by atoms with Crippen molar-refractivity contribution < 1.29 is 24.2 Å². The van der Waals surface area contributed by atoms with E-state index < -0.39 is 24.0 Å². The summed E-state index contributed by atoms with van der Waals surface area (Å²) >= 11 is 0. The van der Waals surface area contributed by atoms with Crippen LogP contribution >= 0.6 is 0 Å². The van der Waals surface area contributed by atoms with E-state index >= 15 is 0 Å². The maximum atomic E-state index is 13.7. The van der Waals surface area contributed by atoms with Gasteiger partial charge in [-0.3, -0.25) is 9.59 Å². The third-order valence-electron chi connectivity index (χ3n) is 7.83. The largest absolute Gasteiger partial charge is 0.480 e. The number of benzene rings is 3. The molecule has 202 valence electrons. The number of ether oxygens (including phenoxy) is 1. The number of amides is 2. The number of carboxylic acid groups (broad SMARTS) is 1. The third kappa shape index (κ3) is 6.14. The molecule has 39 heavy (non-hydrogen) atoms. The van der Waals surface area contributed by atoms with Crippen LogP contribution in [0.5, 0.6) is 0 Å². The average molecular weight is 527 g/mol. The first kappa shape index (κ1) is 26.5. The van der Waals surface area contributed by atoms with E-state index in [1.807, 2.05) is 54.6 Å². The molecule has 0 heterocycles. The van der Waals surface area contributed by atoms with Gasteiger partial charge in [-0.15, -0.1) is 0 Å². The molecule has 0 spiro atoms. The minimum absolute atomic E-state index is 0.0494. The molecule has 2 aliphatic carbocycles. The van der Waals surface area contributed by atoms with Crippen LogP contribution < -0.4 is 5.32 Å². The normalized spacial score (nSPS) is 18.4. The Morgan fingerprint density at radius 2 is 1.44 bits per heavy atom. The van der Waals surface area contributed by atoms with Crippen LogP contribution in [0.3, 0.4) is 0 Å². The predicted octanol–water partition coefficient (Wildman–Crippen LogP) is 5.59. The van der Waals surface area contributed by atoms with E-state index in [1.165, 1.54) is 4.90 Å². The van der Waals surface area contributed by atoms with E-state index in [9.17, 15) is 19.5 Å². The lowest BCUT2D eigenvalue weighted by Crippen LogP contribution is -2.48. The summed E-state index contributed by atoms with van der Waals surface area (Å²) in [5, 5.41) is 12.5. The van der Waals surface area contributed by atoms with Gasteiger partial charge in [-0.05, 0) is 40.7 Å². The molecule has 3 aromatic rings. The number of alkyl carbamates (subject to hydrolysis) is 1. The Morgan fingerprint density at radius 1 is 0.821 bits per heavy atom. The van der Waals surface area contributed by atoms with Crippen molar-refractivity contribution >= 4 is 18.0 Å². The summed E-state index contributed by atoms with van der Waals surface area (Å²) in [6.45, 7) is 0.0202. The fourth-order valence-electron chi connectivity index (χ4n) is 5.98. The number of carbonyl (C=O) groups excluding carboxylic acids is 2. The fourth-order valence-corrected chi connectivity index (χ4v) is 5.98. The summed E-state index contributed by atoms with van der Waals surface area (Å²) in [7, 11) is 0. The Morgan fingerprint density at radius 3 is 2.10 bits per heavy atom. The summed E-state index contributed by atoms with van der Waals surface area (Å²) in [5.41, 5.74) is 5.46. The summed E-state index contributed by atoms with van der Waals surface area (Å²) in [6.07, 6.45) is 3.39. The zero-order chi connectivity index (χ0) is 27.2. The number of nitrogens with zero attached hydrogens (tertiary/aromatic N) is 1. The fraction of sp³-hybridized carbons (Fsp3) is 0.344. The zero-order valence-electron chi connectivity index (χ0n) is 21.9. The van der Waals surface area contributed by atoms with Crippen LogP contribution in [0.4, 0.5) is 4.79 Å². The molecule has 7 heteroatoms. The van der Waals surface area contributed by atoms with Crippen molar-refractivity contribution in [1.82, 2.24) is 10.2 Å². The molecule has 0 saturated heterocycles. The van der Waals surface area contributed by atoms with Gasteiger partial charge in [0.05, 0.1) is 5.92 Å². The maximum absolute atomic E-state index is 13.7. The van der Waals surface area contributed by atoms with E-state index in [0.29, 0.717) is 12.8 Å². The first-order valence-corrected chi connectivity index (χ1v) is 13.7. The van der Waals surface area contributed by atoms with Crippen molar-refractivity contribution in [3.63, 3.8) is 0 Å². The molecule has 0 aliphatic heterocycles. The van der Waals surface area contributed by atoms with Gasteiger partial charge in [-0.25, -0.2) is 4.79 Å². The van der Waals surface area contributed by atoms with Crippen molar-refractivity contribution in [2.45, 2.75) is 50.6 Å². The number of hydrogen-bond acceptors (Lipinski definition) is 4. The van der Waals surface area contributed by atoms with Crippen molar-refractivity contribution in [2.24, 2.45) is 5.92 Å². The highest BCUT2D eigenvalue weighted by Gasteiger charge is 2.35. The van der Waals surface area contributed by atoms with Crippen molar-refractivity contribution in [1.29, 1.82) is 0 Å². The van der Waals surface area contributed by atoms with E-state index in [0.717, 1.165) is 47.1 Å². The van der Waals surface area contributed by atoms with Gasteiger partial charge in [-0.1, -0.05) is 98.1 Å². The lowest BCUT2D eigenvalue weighted by molar-refractivity contribution is -0.147. The third-order valence-corrected chi connectivity index (χ3v) is 7.83. The van der Waals surface area contributed by atoms with E-state index in [-0.39, 0.29) is 31.5 Å². The number of carboxylic acids is 1. The van der Waals surface area contributed by atoms with Gasteiger partial charge in [0.1, 0.15) is 13.2 Å². The van der Waals surface area contributed by atoms with Gasteiger partial charge >= 0.3 is 12.1 Å². The summed E-state index contributed by atoms with van der Waals surface area (Å²) in [6, 6.07) is 25.3. The highest BCUT2D eigenvalue weighted by molar-refractivity contribution is 5.84. The van der Waals surface area contributed by atoms with Crippen molar-refractivity contribution in [2.75, 3.05) is 13.2 Å². The second-order valence-corrected chi connectivity index (χ2v) is 10.4. The Balaban J connectivity index is 1.27. The Labute approximate surface area is 228 Å². The van der Waals surface area contributed by atoms with Gasteiger partial charge in [0.2, 0.25) is 5.91 Å². The average Bonchev–Trinajstić information content (AvgIpc) is 3.08. The molecular weight excluding hydrogens is 492 g/mol. The van der Waals surface area contributed by atoms with Crippen LogP contribution in [0.15, 0.2) is 78.9 Å². The van der Waals surface area contributed by atoms with Gasteiger partial charge in [0.25, 0.3) is 0 Å². The minimum Gasteiger partial charge on any atom is -0.480 e. The van der Waals surface area contributed by atoms with Crippen molar-refractivity contribution in [3.8, 4) is 11.1 Å². The van der Waals surface area contributed by atoms with Crippen LogP contribution in [0.25, 0.3) is 11.1 Å². The molecular formula is C32H34N2O5. The van der Waals surface area contributed by atoms with Gasteiger partial charge in [0.15, 0.2) is 0 Å². The lowest BCUT2D eigenvalue weighted by atomic mass is 9.93. The molecule has 2 aliphatic rings. The molecule has 1 saturated carbocycles. The second kappa shape index (κ2) is 12.2. The molecule has 1 fully saturated rings. The lowest BCUT2D eigenvalue weighted by Gasteiger charge is -2.30. The maximum Gasteiger partial charge on any atom is 0.407 e. The molecule has 0 radical (unpaired) electrons. The minimum atomic E-state index is -1.06. The van der Waals surface area contributed by atoms with Crippen LogP contribution in [0, 0.1) is 5.92 Å². The number of fused-ring (bicyclic) bond motifs is 3. The Kier molecular flexibility index (Phi) is 8.25. The molecule has 3 aromatic carbocycles. The van der Waals surface area contributed by atoms with Crippen LogP contribution in [0.2, 0.25) is 0 Å². The van der Waals surface area contributed by atoms with Crippen LogP contribution in [-0.4, -0.2) is 47.2 Å². The number of hydrogen-bond donors (Lipinski definition) is 2. The summed E-state index contributed by atoms with van der Waals surface area (Å²) in [5.74, 6) is -1.86. The monoisotopic (exact) mass is 526 g/mol. The van der Waals surface area contributed by atoms with E-state index in [1.54, 1.807) is 0 Å². The number of aliphatic carboxylic acids is 1. The first-order valence-electron chi connectivity index (χ1n) is 13.7. The summed E-state index contributed by atoms with van der Waals surface area (Å²) in [4.78, 5) is 39.8. The van der Waals surface area contributed by atoms with Gasteiger partial charge in [-0.2, -0.15) is 0 Å². The number of rotatable bonds is 8. The van der Waals surface area contributed by atoms with Gasteiger partial charge in [0, 0.05) is 18.5 Å². The van der Waals surface area contributed by atoms with Gasteiger partial charge < -0.3 is 20.1 Å². The SMILES string of the molecule is O=C(O)CN(Cc1ccccc1)C(=O)[C@@H]1CCCCC[C@@H]1NC(=O)OCC1c2ccccc2-c2ccccc21. The van der Waals surface area contributed by atoms with E-state index in [4.69, 9.17) is 4.74 Å². The molecule has 0 unspecified atom stereocenters. The summed E-state index contributed by atoms with van der Waals surface area (Å²) < 4.78 is 5.76. The standard InChI is InChI=1S/C32H34N2O5/c35-30(36)20-34(19-22-11-3-1-4-12-22)31(37)27-17-5-2-6-18-29(27)33-32(38)39-21-28-25-15-9-7-13-23(25)24-14-8-10-16-26(24)28/h1,3-4,7-16,27-29H,2,5-6,17-21H2,(H,33,38)(H,35,36)/t27-,29+/m1/s1. The van der Waals surface area contributed by atoms with Crippen molar-refractivity contribution in [3.05, 3.63) is 95.6 Å². The molecule has 0 aromatic heterocycles. The Bertz CT molecular complexity index is 1280. The number of nitrogens with one attached hydrogen (secondary N) is 1. The highest BCUT2D eigenvalue weighted by atomic mass is 16.5. The first-order chi connectivity index (χ1) is 19.0.